The van der Waals surface area contributed by atoms with Crippen LogP contribution >= 0.6 is 0 Å². The van der Waals surface area contributed by atoms with Crippen molar-refractivity contribution in [3.63, 3.8) is 0 Å². The van der Waals surface area contributed by atoms with Crippen LogP contribution in [0, 0.1) is 0 Å². The summed E-state index contributed by atoms with van der Waals surface area (Å²) in [4.78, 5) is 45.2. The maximum atomic E-state index is 12.3. The summed E-state index contributed by atoms with van der Waals surface area (Å²) in [6.45, 7) is 0. The Bertz CT molecular complexity index is 819. The summed E-state index contributed by atoms with van der Waals surface area (Å²) in [6.07, 6.45) is 0. The van der Waals surface area contributed by atoms with Gasteiger partial charge in [-0.3, -0.25) is 4.79 Å². The minimum Gasteiger partial charge on any atom is -0.478 e. The van der Waals surface area contributed by atoms with Crippen LogP contribution < -0.4 is 0 Å². The average molecular weight is 314 g/mol. The lowest BCUT2D eigenvalue weighted by molar-refractivity contribution is 0.0651. The van der Waals surface area contributed by atoms with E-state index in [-0.39, 0.29) is 16.7 Å². The SMILES string of the molecule is O=C(O)c1ccc(C(=O)c2ccc(C(=O)O)c(C(=O)O)c2)cc1. The lowest BCUT2D eigenvalue weighted by Gasteiger charge is -2.06. The lowest BCUT2D eigenvalue weighted by atomic mass is 9.97. The molecule has 2 aromatic rings. The van der Waals surface area contributed by atoms with Gasteiger partial charge in [-0.05, 0) is 24.3 Å². The molecule has 23 heavy (non-hydrogen) atoms. The highest BCUT2D eigenvalue weighted by Gasteiger charge is 2.19. The molecule has 0 saturated heterocycles. The molecule has 0 aliphatic heterocycles. The highest BCUT2D eigenvalue weighted by atomic mass is 16.4. The summed E-state index contributed by atoms with van der Waals surface area (Å²) in [5, 5.41) is 26.8. The van der Waals surface area contributed by atoms with E-state index in [0.717, 1.165) is 12.1 Å². The Morgan fingerprint density at radius 1 is 0.565 bits per heavy atom. The summed E-state index contributed by atoms with van der Waals surface area (Å²) in [5.41, 5.74) is -0.750. The molecule has 0 unspecified atom stereocenters. The third kappa shape index (κ3) is 3.24. The van der Waals surface area contributed by atoms with Crippen LogP contribution in [0.2, 0.25) is 0 Å². The van der Waals surface area contributed by atoms with Crippen LogP contribution in [0.3, 0.4) is 0 Å². The number of aromatic carboxylic acids is 3. The van der Waals surface area contributed by atoms with Crippen molar-refractivity contribution < 1.29 is 34.5 Å². The molecule has 2 rings (SSSR count). The first kappa shape index (κ1) is 15.9. The van der Waals surface area contributed by atoms with E-state index in [4.69, 9.17) is 15.3 Å². The maximum Gasteiger partial charge on any atom is 0.336 e. The molecule has 0 atom stereocenters. The smallest absolute Gasteiger partial charge is 0.336 e. The highest BCUT2D eigenvalue weighted by Crippen LogP contribution is 2.17. The van der Waals surface area contributed by atoms with E-state index in [2.05, 4.69) is 0 Å². The molecule has 0 saturated carbocycles. The van der Waals surface area contributed by atoms with Crippen LogP contribution in [-0.2, 0) is 0 Å². The quantitative estimate of drug-likeness (QED) is 0.720. The van der Waals surface area contributed by atoms with Gasteiger partial charge < -0.3 is 15.3 Å². The molecule has 7 nitrogen and oxygen atoms in total. The number of carboxylic acid groups (broad SMARTS) is 3. The first-order valence-corrected chi connectivity index (χ1v) is 6.30. The Morgan fingerprint density at radius 3 is 1.52 bits per heavy atom. The van der Waals surface area contributed by atoms with Gasteiger partial charge in [0.25, 0.3) is 0 Å². The molecule has 0 radical (unpaired) electrons. The van der Waals surface area contributed by atoms with Gasteiger partial charge in [0.2, 0.25) is 0 Å². The van der Waals surface area contributed by atoms with Crippen molar-refractivity contribution in [2.45, 2.75) is 0 Å². The molecular formula is C16H10O7. The third-order valence-electron chi connectivity index (χ3n) is 3.14. The van der Waals surface area contributed by atoms with E-state index in [1.54, 1.807) is 0 Å². The van der Waals surface area contributed by atoms with E-state index in [9.17, 15) is 19.2 Å². The molecule has 3 N–H and O–H groups in total. The average Bonchev–Trinajstić information content (AvgIpc) is 2.53. The molecule has 0 fully saturated rings. The fraction of sp³-hybridized carbons (Fsp3) is 0. The zero-order valence-corrected chi connectivity index (χ0v) is 11.5. The molecule has 0 bridgehead atoms. The molecule has 2 aromatic carbocycles. The van der Waals surface area contributed by atoms with Crippen molar-refractivity contribution in [3.8, 4) is 0 Å². The maximum absolute atomic E-state index is 12.3. The Labute approximate surface area is 129 Å². The Morgan fingerprint density at radius 2 is 1.04 bits per heavy atom. The number of rotatable bonds is 5. The standard InChI is InChI=1S/C16H10O7/c17-13(8-1-3-9(4-2-8)14(18)19)10-5-6-11(15(20)21)12(7-10)16(22)23/h1-7H,(H,18,19)(H,20,21)(H,22,23). The second kappa shape index (κ2) is 6.10. The van der Waals surface area contributed by atoms with E-state index in [1.165, 1.54) is 30.3 Å². The molecule has 0 spiro atoms. The molecule has 0 aromatic heterocycles. The summed E-state index contributed by atoms with van der Waals surface area (Å²) in [6, 6.07) is 8.35. The van der Waals surface area contributed by atoms with Gasteiger partial charge in [-0.1, -0.05) is 18.2 Å². The van der Waals surface area contributed by atoms with Gasteiger partial charge in [0.1, 0.15) is 0 Å². The monoisotopic (exact) mass is 314 g/mol. The Kier molecular flexibility index (Phi) is 4.22. The van der Waals surface area contributed by atoms with E-state index in [1.807, 2.05) is 0 Å². The highest BCUT2D eigenvalue weighted by molar-refractivity contribution is 6.11. The normalized spacial score (nSPS) is 10.1. The minimum atomic E-state index is -1.46. The van der Waals surface area contributed by atoms with E-state index in [0.29, 0.717) is 0 Å². The van der Waals surface area contributed by atoms with Gasteiger partial charge in [-0.15, -0.1) is 0 Å². The van der Waals surface area contributed by atoms with Crippen LogP contribution in [0.5, 0.6) is 0 Å². The molecular weight excluding hydrogens is 304 g/mol. The fourth-order valence-electron chi connectivity index (χ4n) is 1.98. The lowest BCUT2D eigenvalue weighted by Crippen LogP contribution is -2.11. The second-order valence-electron chi connectivity index (χ2n) is 4.58. The summed E-state index contributed by atoms with van der Waals surface area (Å²) in [7, 11) is 0. The summed E-state index contributed by atoms with van der Waals surface area (Å²) >= 11 is 0. The van der Waals surface area contributed by atoms with Crippen molar-refractivity contribution in [2.75, 3.05) is 0 Å². The van der Waals surface area contributed by atoms with Gasteiger partial charge in [0.15, 0.2) is 5.78 Å². The van der Waals surface area contributed by atoms with Crippen molar-refractivity contribution >= 4 is 23.7 Å². The van der Waals surface area contributed by atoms with E-state index < -0.39 is 34.8 Å². The predicted octanol–water partition coefficient (Wildman–Crippen LogP) is 2.01. The predicted molar refractivity (Wildman–Crippen MR) is 77.2 cm³/mol. The van der Waals surface area contributed by atoms with Crippen molar-refractivity contribution in [1.82, 2.24) is 0 Å². The van der Waals surface area contributed by atoms with Gasteiger partial charge in [-0.25, -0.2) is 14.4 Å². The van der Waals surface area contributed by atoms with Crippen molar-refractivity contribution in [1.29, 1.82) is 0 Å². The Hall–Kier alpha value is -3.48. The van der Waals surface area contributed by atoms with E-state index >= 15 is 0 Å². The minimum absolute atomic E-state index is 0.00419. The number of ketones is 1. The molecule has 0 aliphatic carbocycles. The van der Waals surface area contributed by atoms with Crippen LogP contribution in [0.25, 0.3) is 0 Å². The molecule has 116 valence electrons. The number of hydrogen-bond acceptors (Lipinski definition) is 4. The summed E-state index contributed by atoms with van der Waals surface area (Å²) < 4.78 is 0. The van der Waals surface area contributed by atoms with Gasteiger partial charge >= 0.3 is 17.9 Å². The number of hydrogen-bond donors (Lipinski definition) is 3. The first-order valence-electron chi connectivity index (χ1n) is 6.30. The Balaban J connectivity index is 2.43. The molecule has 0 heterocycles. The second-order valence-corrected chi connectivity index (χ2v) is 4.58. The van der Waals surface area contributed by atoms with Crippen LogP contribution in [-0.4, -0.2) is 39.0 Å². The zero-order chi connectivity index (χ0) is 17.1. The number of carbonyl (C=O) groups excluding carboxylic acids is 1. The molecule has 0 amide bonds. The zero-order valence-electron chi connectivity index (χ0n) is 11.5. The van der Waals surface area contributed by atoms with Crippen LogP contribution in [0.4, 0.5) is 0 Å². The van der Waals surface area contributed by atoms with Crippen LogP contribution in [0.1, 0.15) is 47.0 Å². The van der Waals surface area contributed by atoms with Crippen molar-refractivity contribution in [3.05, 3.63) is 70.3 Å². The van der Waals surface area contributed by atoms with Crippen molar-refractivity contribution in [2.24, 2.45) is 0 Å². The first-order chi connectivity index (χ1) is 10.8. The van der Waals surface area contributed by atoms with Gasteiger partial charge in [0, 0.05) is 11.1 Å². The topological polar surface area (TPSA) is 129 Å². The number of benzene rings is 2. The van der Waals surface area contributed by atoms with Gasteiger partial charge in [0.05, 0.1) is 16.7 Å². The summed E-state index contributed by atoms with van der Waals surface area (Å²) in [5.74, 6) is -4.55. The number of carbonyl (C=O) groups is 4. The number of carboxylic acids is 3. The van der Waals surface area contributed by atoms with Gasteiger partial charge in [-0.2, -0.15) is 0 Å². The third-order valence-corrected chi connectivity index (χ3v) is 3.14. The molecule has 0 aliphatic rings. The molecule has 7 heteroatoms. The van der Waals surface area contributed by atoms with Crippen LogP contribution in [0.15, 0.2) is 42.5 Å². The fourth-order valence-corrected chi connectivity index (χ4v) is 1.98. The largest absolute Gasteiger partial charge is 0.478 e.